The zero-order chi connectivity index (χ0) is 14.1. The molecule has 0 unspecified atom stereocenters. The number of imide groups is 1. The van der Waals surface area contributed by atoms with Gasteiger partial charge < -0.3 is 10.6 Å². The first-order valence-electron chi connectivity index (χ1n) is 6.67. The fourth-order valence-electron chi connectivity index (χ4n) is 2.64. The lowest BCUT2D eigenvalue weighted by molar-refractivity contribution is -0.120. The van der Waals surface area contributed by atoms with Crippen molar-refractivity contribution in [2.45, 2.75) is 12.8 Å². The van der Waals surface area contributed by atoms with Crippen molar-refractivity contribution < 1.29 is 14.4 Å². The van der Waals surface area contributed by atoms with Gasteiger partial charge in [0.15, 0.2) is 0 Å². The smallest absolute Gasteiger partial charge is 0.261 e. The first-order chi connectivity index (χ1) is 9.66. The van der Waals surface area contributed by atoms with Crippen molar-refractivity contribution in [3.8, 4) is 0 Å². The molecule has 0 aliphatic carbocycles. The maximum absolute atomic E-state index is 12.2. The lowest BCUT2D eigenvalue weighted by atomic mass is 9.97. The molecule has 3 N–H and O–H groups in total. The Labute approximate surface area is 115 Å². The second kappa shape index (κ2) is 5.05. The highest BCUT2D eigenvalue weighted by molar-refractivity contribution is 6.24. The number of carbonyl (C=O) groups excluding carboxylic acids is 3. The van der Waals surface area contributed by atoms with Gasteiger partial charge in [0.25, 0.3) is 11.8 Å². The minimum Gasteiger partial charge on any atom is -0.325 e. The molecule has 6 nitrogen and oxygen atoms in total. The Hall–Kier alpha value is -2.21. The number of anilines is 1. The van der Waals surface area contributed by atoms with Gasteiger partial charge in [0, 0.05) is 5.92 Å². The summed E-state index contributed by atoms with van der Waals surface area (Å²) in [6.45, 7) is 1.65. The van der Waals surface area contributed by atoms with Gasteiger partial charge in [-0.15, -0.1) is 0 Å². The van der Waals surface area contributed by atoms with Gasteiger partial charge in [-0.3, -0.25) is 19.7 Å². The molecule has 0 bridgehead atoms. The molecule has 1 fully saturated rings. The van der Waals surface area contributed by atoms with Crippen LogP contribution in [0.4, 0.5) is 5.69 Å². The molecule has 1 saturated heterocycles. The van der Waals surface area contributed by atoms with E-state index < -0.39 is 11.8 Å². The molecule has 1 aromatic rings. The average Bonchev–Trinajstić information content (AvgIpc) is 2.76. The number of fused-ring (bicyclic) bond motifs is 1. The zero-order valence-corrected chi connectivity index (χ0v) is 10.9. The predicted octanol–water partition coefficient (Wildman–Crippen LogP) is 0.508. The van der Waals surface area contributed by atoms with E-state index in [4.69, 9.17) is 0 Å². The Morgan fingerprint density at radius 2 is 1.90 bits per heavy atom. The van der Waals surface area contributed by atoms with E-state index >= 15 is 0 Å². The van der Waals surface area contributed by atoms with Gasteiger partial charge >= 0.3 is 0 Å². The quantitative estimate of drug-likeness (QED) is 0.685. The Bertz CT molecular complexity index is 591. The molecule has 0 radical (unpaired) electrons. The van der Waals surface area contributed by atoms with Gasteiger partial charge in [-0.1, -0.05) is 6.07 Å². The van der Waals surface area contributed by atoms with Gasteiger partial charge in [0.05, 0.1) is 16.8 Å². The number of rotatable bonds is 2. The van der Waals surface area contributed by atoms with E-state index in [1.165, 1.54) is 0 Å². The molecule has 3 rings (SSSR count). The van der Waals surface area contributed by atoms with E-state index in [1.807, 2.05) is 0 Å². The minimum atomic E-state index is -0.453. The maximum atomic E-state index is 12.2. The number of amides is 3. The summed E-state index contributed by atoms with van der Waals surface area (Å²) in [5.41, 5.74) is 0.993. The van der Waals surface area contributed by atoms with Crippen LogP contribution in [0.2, 0.25) is 0 Å². The summed E-state index contributed by atoms with van der Waals surface area (Å²) in [4.78, 5) is 35.5. The van der Waals surface area contributed by atoms with Crippen LogP contribution >= 0.6 is 0 Å². The number of benzene rings is 1. The molecule has 3 amide bonds. The SMILES string of the molecule is O=C1NC(=O)c2c(NC(=O)C3CCNCC3)cccc21. The summed E-state index contributed by atoms with van der Waals surface area (Å²) in [6.07, 6.45) is 1.57. The summed E-state index contributed by atoms with van der Waals surface area (Å²) in [5.74, 6) is -1.01. The van der Waals surface area contributed by atoms with Gasteiger partial charge in [-0.2, -0.15) is 0 Å². The van der Waals surface area contributed by atoms with Crippen LogP contribution in [-0.4, -0.2) is 30.8 Å². The number of nitrogens with one attached hydrogen (secondary N) is 3. The van der Waals surface area contributed by atoms with E-state index in [2.05, 4.69) is 16.0 Å². The molecule has 0 saturated carbocycles. The highest BCUT2D eigenvalue weighted by Crippen LogP contribution is 2.25. The van der Waals surface area contributed by atoms with Crippen molar-refractivity contribution in [1.29, 1.82) is 0 Å². The third-order valence-corrected chi connectivity index (χ3v) is 3.73. The number of piperidine rings is 1. The summed E-state index contributed by atoms with van der Waals surface area (Å²) in [6, 6.07) is 4.89. The first-order valence-corrected chi connectivity index (χ1v) is 6.67. The van der Waals surface area contributed by atoms with E-state index in [9.17, 15) is 14.4 Å². The number of carbonyl (C=O) groups is 3. The minimum absolute atomic E-state index is 0.0488. The average molecular weight is 273 g/mol. The first kappa shape index (κ1) is 12.8. The van der Waals surface area contributed by atoms with Crippen LogP contribution in [0.15, 0.2) is 18.2 Å². The fourth-order valence-corrected chi connectivity index (χ4v) is 2.64. The van der Waals surface area contributed by atoms with Crippen molar-refractivity contribution in [2.24, 2.45) is 5.92 Å². The van der Waals surface area contributed by atoms with Crippen LogP contribution in [0.5, 0.6) is 0 Å². The number of hydrogen-bond donors (Lipinski definition) is 3. The van der Waals surface area contributed by atoms with Gasteiger partial charge in [0.2, 0.25) is 5.91 Å². The summed E-state index contributed by atoms with van der Waals surface area (Å²) >= 11 is 0. The molecule has 0 atom stereocenters. The monoisotopic (exact) mass is 273 g/mol. The van der Waals surface area contributed by atoms with Crippen molar-refractivity contribution in [1.82, 2.24) is 10.6 Å². The second-order valence-electron chi connectivity index (χ2n) is 5.02. The molecule has 104 valence electrons. The molecule has 2 aliphatic rings. The predicted molar refractivity (Wildman–Crippen MR) is 72.5 cm³/mol. The topological polar surface area (TPSA) is 87.3 Å². The van der Waals surface area contributed by atoms with E-state index in [0.29, 0.717) is 11.3 Å². The Morgan fingerprint density at radius 1 is 1.15 bits per heavy atom. The largest absolute Gasteiger partial charge is 0.325 e. The molecule has 0 spiro atoms. The molecule has 1 aromatic carbocycles. The third kappa shape index (κ3) is 2.18. The standard InChI is InChI=1S/C14H15N3O3/c18-12(8-4-6-15-7-5-8)16-10-3-1-2-9-11(10)14(20)17-13(9)19/h1-3,8,15H,4-7H2,(H,16,18)(H,17,19,20). The highest BCUT2D eigenvalue weighted by atomic mass is 16.2. The zero-order valence-electron chi connectivity index (χ0n) is 10.9. The van der Waals surface area contributed by atoms with Crippen LogP contribution in [-0.2, 0) is 4.79 Å². The molecule has 20 heavy (non-hydrogen) atoms. The second-order valence-corrected chi connectivity index (χ2v) is 5.02. The van der Waals surface area contributed by atoms with Crippen LogP contribution in [0.25, 0.3) is 0 Å². The van der Waals surface area contributed by atoms with Crippen LogP contribution < -0.4 is 16.0 Å². The van der Waals surface area contributed by atoms with Crippen molar-refractivity contribution in [3.05, 3.63) is 29.3 Å². The summed E-state index contributed by atoms with van der Waals surface area (Å²) in [5, 5.41) is 8.22. The van der Waals surface area contributed by atoms with Gasteiger partial charge in [-0.25, -0.2) is 0 Å². The lowest BCUT2D eigenvalue weighted by Gasteiger charge is -2.22. The highest BCUT2D eigenvalue weighted by Gasteiger charge is 2.30. The van der Waals surface area contributed by atoms with Crippen molar-refractivity contribution in [2.75, 3.05) is 18.4 Å². The Balaban J connectivity index is 1.83. The molecule has 0 aromatic heterocycles. The third-order valence-electron chi connectivity index (χ3n) is 3.73. The molecular formula is C14H15N3O3. The number of hydrogen-bond acceptors (Lipinski definition) is 4. The maximum Gasteiger partial charge on any atom is 0.261 e. The van der Waals surface area contributed by atoms with Crippen molar-refractivity contribution in [3.63, 3.8) is 0 Å². The fraction of sp³-hybridized carbons (Fsp3) is 0.357. The Morgan fingerprint density at radius 3 is 2.65 bits per heavy atom. The molecule has 2 heterocycles. The summed E-state index contributed by atoms with van der Waals surface area (Å²) < 4.78 is 0. The molecular weight excluding hydrogens is 258 g/mol. The van der Waals surface area contributed by atoms with Crippen molar-refractivity contribution >= 4 is 23.4 Å². The lowest BCUT2D eigenvalue weighted by Crippen LogP contribution is -2.34. The molecule has 2 aliphatic heterocycles. The normalized spacial score (nSPS) is 18.6. The molecule has 6 heteroatoms. The van der Waals surface area contributed by atoms with E-state index in [-0.39, 0.29) is 17.4 Å². The van der Waals surface area contributed by atoms with Crippen LogP contribution in [0, 0.1) is 5.92 Å². The van der Waals surface area contributed by atoms with Gasteiger partial charge in [0.1, 0.15) is 0 Å². The van der Waals surface area contributed by atoms with E-state index in [1.54, 1.807) is 18.2 Å². The van der Waals surface area contributed by atoms with E-state index in [0.717, 1.165) is 25.9 Å². The van der Waals surface area contributed by atoms with Crippen LogP contribution in [0.1, 0.15) is 33.6 Å². The van der Waals surface area contributed by atoms with Gasteiger partial charge in [-0.05, 0) is 38.1 Å². The summed E-state index contributed by atoms with van der Waals surface area (Å²) in [7, 11) is 0. The Kier molecular flexibility index (Phi) is 3.23. The van der Waals surface area contributed by atoms with Crippen LogP contribution in [0.3, 0.4) is 0 Å².